The van der Waals surface area contributed by atoms with Crippen LogP contribution in [0.3, 0.4) is 0 Å². The van der Waals surface area contributed by atoms with Crippen LogP contribution >= 0.6 is 0 Å². The highest BCUT2D eigenvalue weighted by molar-refractivity contribution is 5.96. The number of nitrogens with zero attached hydrogens (tertiary/aromatic N) is 3. The zero-order valence-electron chi connectivity index (χ0n) is 12.5. The van der Waals surface area contributed by atoms with E-state index < -0.39 is 12.1 Å². The van der Waals surface area contributed by atoms with Crippen LogP contribution in [0.15, 0.2) is 12.3 Å². The lowest BCUT2D eigenvalue weighted by atomic mass is 10.1. The predicted octanol–water partition coefficient (Wildman–Crippen LogP) is 1.09. The van der Waals surface area contributed by atoms with Gasteiger partial charge in [0.15, 0.2) is 0 Å². The zero-order valence-corrected chi connectivity index (χ0v) is 12.5. The standard InChI is InChI=1S/C14H22N4O2/c1-5-9(2)18-7-6-12(16-18)8-17-11(4)13(19)15-10(3)14(17)20/h6-7,9-11H,5,8H2,1-4H3,(H,15,19). The Hall–Kier alpha value is -1.85. The van der Waals surface area contributed by atoms with E-state index in [0.717, 1.165) is 12.1 Å². The molecule has 1 saturated heterocycles. The van der Waals surface area contributed by atoms with E-state index in [1.54, 1.807) is 18.7 Å². The Kier molecular flexibility index (Phi) is 4.11. The average Bonchev–Trinajstić information content (AvgIpc) is 2.89. The number of carbonyl (C=O) groups excluding carboxylic acids is 2. The summed E-state index contributed by atoms with van der Waals surface area (Å²) in [6.45, 7) is 8.03. The van der Waals surface area contributed by atoms with Gasteiger partial charge in [0.05, 0.1) is 12.2 Å². The van der Waals surface area contributed by atoms with E-state index in [1.807, 2.05) is 16.9 Å². The molecule has 1 aromatic rings. The number of aromatic nitrogens is 2. The Morgan fingerprint density at radius 1 is 1.40 bits per heavy atom. The third kappa shape index (κ3) is 2.69. The Morgan fingerprint density at radius 2 is 2.10 bits per heavy atom. The Bertz CT molecular complexity index is 511. The van der Waals surface area contributed by atoms with Gasteiger partial charge in [-0.05, 0) is 33.3 Å². The summed E-state index contributed by atoms with van der Waals surface area (Å²) in [6.07, 6.45) is 2.92. The van der Waals surface area contributed by atoms with E-state index in [-0.39, 0.29) is 11.8 Å². The Balaban J connectivity index is 2.13. The first-order valence-electron chi connectivity index (χ1n) is 7.09. The molecule has 1 aromatic heterocycles. The largest absolute Gasteiger partial charge is 0.343 e. The maximum atomic E-state index is 12.2. The van der Waals surface area contributed by atoms with Gasteiger partial charge in [0.1, 0.15) is 12.1 Å². The number of amides is 2. The molecule has 0 bridgehead atoms. The molecule has 0 aromatic carbocycles. The van der Waals surface area contributed by atoms with E-state index >= 15 is 0 Å². The summed E-state index contributed by atoms with van der Waals surface area (Å²) in [5, 5.41) is 7.16. The van der Waals surface area contributed by atoms with Gasteiger partial charge in [-0.2, -0.15) is 5.10 Å². The molecule has 6 heteroatoms. The van der Waals surface area contributed by atoms with Gasteiger partial charge in [0.2, 0.25) is 11.8 Å². The van der Waals surface area contributed by atoms with E-state index in [4.69, 9.17) is 0 Å². The predicted molar refractivity (Wildman–Crippen MR) is 74.8 cm³/mol. The van der Waals surface area contributed by atoms with E-state index in [1.165, 1.54) is 0 Å². The molecule has 0 saturated carbocycles. The van der Waals surface area contributed by atoms with Crippen LogP contribution in [0.4, 0.5) is 0 Å². The molecule has 6 nitrogen and oxygen atoms in total. The average molecular weight is 278 g/mol. The summed E-state index contributed by atoms with van der Waals surface area (Å²) < 4.78 is 1.90. The van der Waals surface area contributed by atoms with Gasteiger partial charge in [-0.1, -0.05) is 6.92 Å². The highest BCUT2D eigenvalue weighted by Crippen LogP contribution is 2.15. The molecular weight excluding hydrogens is 256 g/mol. The lowest BCUT2D eigenvalue weighted by Gasteiger charge is -2.35. The van der Waals surface area contributed by atoms with Crippen LogP contribution in [0.5, 0.6) is 0 Å². The maximum Gasteiger partial charge on any atom is 0.245 e. The van der Waals surface area contributed by atoms with Crippen LogP contribution in [0, 0.1) is 0 Å². The number of piperazine rings is 1. The summed E-state index contributed by atoms with van der Waals surface area (Å²) in [7, 11) is 0. The third-order valence-electron chi connectivity index (χ3n) is 3.90. The first-order valence-corrected chi connectivity index (χ1v) is 7.09. The van der Waals surface area contributed by atoms with Crippen LogP contribution in [-0.4, -0.2) is 38.6 Å². The molecule has 3 atom stereocenters. The number of nitrogens with one attached hydrogen (secondary N) is 1. The van der Waals surface area contributed by atoms with Gasteiger partial charge in [-0.25, -0.2) is 0 Å². The summed E-state index contributed by atoms with van der Waals surface area (Å²) in [4.78, 5) is 25.5. The number of carbonyl (C=O) groups is 2. The third-order valence-corrected chi connectivity index (χ3v) is 3.90. The van der Waals surface area contributed by atoms with E-state index in [2.05, 4.69) is 24.3 Å². The minimum absolute atomic E-state index is 0.0600. The molecule has 1 aliphatic heterocycles. The Labute approximate surface area is 119 Å². The van der Waals surface area contributed by atoms with Crippen LogP contribution in [-0.2, 0) is 16.1 Å². The Morgan fingerprint density at radius 3 is 2.75 bits per heavy atom. The molecule has 3 unspecified atom stereocenters. The first kappa shape index (κ1) is 14.6. The minimum atomic E-state index is -0.463. The molecule has 1 fully saturated rings. The van der Waals surface area contributed by atoms with E-state index in [0.29, 0.717) is 12.6 Å². The molecule has 0 radical (unpaired) electrons. The molecule has 1 aliphatic rings. The number of hydrogen-bond donors (Lipinski definition) is 1. The zero-order chi connectivity index (χ0) is 14.9. The SMILES string of the molecule is CCC(C)n1ccc(CN2C(=O)C(C)NC(=O)C2C)n1. The highest BCUT2D eigenvalue weighted by Gasteiger charge is 2.35. The van der Waals surface area contributed by atoms with Crippen LogP contribution < -0.4 is 5.32 Å². The molecule has 110 valence electrons. The normalized spacial score (nSPS) is 24.7. The van der Waals surface area contributed by atoms with E-state index in [9.17, 15) is 9.59 Å². The second-order valence-corrected chi connectivity index (χ2v) is 5.42. The van der Waals surface area contributed by atoms with Crippen molar-refractivity contribution in [2.45, 2.75) is 58.8 Å². The van der Waals surface area contributed by atoms with Crippen LogP contribution in [0.25, 0.3) is 0 Å². The molecule has 2 rings (SSSR count). The van der Waals surface area contributed by atoms with Crippen molar-refractivity contribution in [2.75, 3.05) is 0 Å². The smallest absolute Gasteiger partial charge is 0.245 e. The minimum Gasteiger partial charge on any atom is -0.343 e. The maximum absolute atomic E-state index is 12.2. The van der Waals surface area contributed by atoms with Crippen molar-refractivity contribution in [3.8, 4) is 0 Å². The van der Waals surface area contributed by atoms with Gasteiger partial charge in [0.25, 0.3) is 0 Å². The van der Waals surface area contributed by atoms with Crippen molar-refractivity contribution in [1.29, 1.82) is 0 Å². The molecule has 0 aliphatic carbocycles. The van der Waals surface area contributed by atoms with Gasteiger partial charge in [-0.3, -0.25) is 14.3 Å². The van der Waals surface area contributed by atoms with Gasteiger partial charge < -0.3 is 10.2 Å². The van der Waals surface area contributed by atoms with Crippen molar-refractivity contribution in [2.24, 2.45) is 0 Å². The second kappa shape index (κ2) is 5.64. The van der Waals surface area contributed by atoms with Crippen molar-refractivity contribution < 1.29 is 9.59 Å². The lowest BCUT2D eigenvalue weighted by molar-refractivity contribution is -0.148. The summed E-state index contributed by atoms with van der Waals surface area (Å²) in [6, 6.07) is 1.33. The lowest BCUT2D eigenvalue weighted by Crippen LogP contribution is -2.60. The quantitative estimate of drug-likeness (QED) is 0.896. The molecular formula is C14H22N4O2. The van der Waals surface area contributed by atoms with Crippen molar-refractivity contribution in [3.05, 3.63) is 18.0 Å². The monoisotopic (exact) mass is 278 g/mol. The van der Waals surface area contributed by atoms with Gasteiger partial charge >= 0.3 is 0 Å². The fourth-order valence-electron chi connectivity index (χ4n) is 2.26. The fraction of sp³-hybridized carbons (Fsp3) is 0.643. The van der Waals surface area contributed by atoms with Crippen LogP contribution in [0.1, 0.15) is 45.9 Å². The highest BCUT2D eigenvalue weighted by atomic mass is 16.2. The van der Waals surface area contributed by atoms with Crippen molar-refractivity contribution in [1.82, 2.24) is 20.0 Å². The first-order chi connectivity index (χ1) is 9.43. The summed E-state index contributed by atoms with van der Waals surface area (Å²) >= 11 is 0. The fourth-order valence-corrected chi connectivity index (χ4v) is 2.26. The summed E-state index contributed by atoms with van der Waals surface area (Å²) in [5.41, 5.74) is 0.812. The van der Waals surface area contributed by atoms with Crippen molar-refractivity contribution >= 4 is 11.8 Å². The molecule has 1 N–H and O–H groups in total. The molecule has 0 spiro atoms. The number of rotatable bonds is 4. The van der Waals surface area contributed by atoms with Gasteiger partial charge in [-0.15, -0.1) is 0 Å². The second-order valence-electron chi connectivity index (χ2n) is 5.42. The molecule has 2 heterocycles. The molecule has 2 amide bonds. The van der Waals surface area contributed by atoms with Crippen molar-refractivity contribution in [3.63, 3.8) is 0 Å². The summed E-state index contributed by atoms with van der Waals surface area (Å²) in [5.74, 6) is -0.173. The molecule has 20 heavy (non-hydrogen) atoms. The van der Waals surface area contributed by atoms with Gasteiger partial charge in [0, 0.05) is 12.2 Å². The van der Waals surface area contributed by atoms with Crippen LogP contribution in [0.2, 0.25) is 0 Å². The number of hydrogen-bond acceptors (Lipinski definition) is 3. The topological polar surface area (TPSA) is 67.2 Å².